The van der Waals surface area contributed by atoms with E-state index >= 15 is 0 Å². The molecule has 0 aliphatic carbocycles. The van der Waals surface area contributed by atoms with Crippen LogP contribution in [0.1, 0.15) is 27.2 Å². The van der Waals surface area contributed by atoms with E-state index in [1.165, 1.54) is 0 Å². The van der Waals surface area contributed by atoms with Crippen LogP contribution in [0.15, 0.2) is 12.2 Å². The van der Waals surface area contributed by atoms with Gasteiger partial charge in [-0.1, -0.05) is 6.58 Å². The number of alkyl halides is 3. The van der Waals surface area contributed by atoms with E-state index in [-0.39, 0.29) is 6.42 Å². The number of carbonyl (C=O) groups excluding carboxylic acids is 2. The number of halogens is 3. The van der Waals surface area contributed by atoms with Crippen LogP contribution in [-0.2, 0) is 19.1 Å². The predicted octanol–water partition coefficient (Wildman–Crippen LogP) is 2.38. The molecule has 0 atom stereocenters. The molecule has 18 heavy (non-hydrogen) atoms. The molecule has 0 N–H and O–H groups in total. The molecule has 0 aromatic rings. The normalized spacial score (nSPS) is 11.9. The molecule has 0 heterocycles. The van der Waals surface area contributed by atoms with Crippen LogP contribution < -0.4 is 0 Å². The van der Waals surface area contributed by atoms with Crippen LogP contribution in [0, 0.1) is 0 Å². The summed E-state index contributed by atoms with van der Waals surface area (Å²) in [6.07, 6.45) is -5.14. The van der Waals surface area contributed by atoms with E-state index in [1.807, 2.05) is 0 Å². The van der Waals surface area contributed by atoms with Crippen molar-refractivity contribution in [1.29, 1.82) is 0 Å². The first-order valence-electron chi connectivity index (χ1n) is 5.08. The highest BCUT2D eigenvalue weighted by Gasteiger charge is 2.37. The standard InChI is InChI=1S/C11H15F3O4/c1-7(11(12,13)14)9(16)17-6-5-8(15)18-10(2,3)4/h1,5-6H2,2-4H3. The Balaban J connectivity index is 4.04. The lowest BCUT2D eigenvalue weighted by molar-refractivity contribution is -0.158. The van der Waals surface area contributed by atoms with E-state index in [2.05, 4.69) is 11.3 Å². The first-order chi connectivity index (χ1) is 7.93. The van der Waals surface area contributed by atoms with Gasteiger partial charge in [-0.3, -0.25) is 4.79 Å². The van der Waals surface area contributed by atoms with Crippen molar-refractivity contribution < 1.29 is 32.2 Å². The van der Waals surface area contributed by atoms with Crippen LogP contribution in [0.3, 0.4) is 0 Å². The molecule has 104 valence electrons. The molecule has 0 aliphatic heterocycles. The van der Waals surface area contributed by atoms with E-state index in [1.54, 1.807) is 20.8 Å². The van der Waals surface area contributed by atoms with Crippen molar-refractivity contribution in [2.45, 2.75) is 39.0 Å². The summed E-state index contributed by atoms with van der Waals surface area (Å²) >= 11 is 0. The fraction of sp³-hybridized carbons (Fsp3) is 0.636. The minimum atomic E-state index is -4.83. The first kappa shape index (κ1) is 16.5. The zero-order chi connectivity index (χ0) is 14.6. The average molecular weight is 268 g/mol. The van der Waals surface area contributed by atoms with Crippen LogP contribution >= 0.6 is 0 Å². The van der Waals surface area contributed by atoms with Crippen LogP contribution in [0.5, 0.6) is 0 Å². The molecule has 0 aromatic heterocycles. The van der Waals surface area contributed by atoms with Crippen LogP contribution in [0.4, 0.5) is 13.2 Å². The van der Waals surface area contributed by atoms with Crippen molar-refractivity contribution in [2.24, 2.45) is 0 Å². The molecule has 0 spiro atoms. The predicted molar refractivity (Wildman–Crippen MR) is 56.6 cm³/mol. The molecular weight excluding hydrogens is 253 g/mol. The second-order valence-corrected chi connectivity index (χ2v) is 4.45. The lowest BCUT2D eigenvalue weighted by Crippen LogP contribution is -2.26. The third-order valence-corrected chi connectivity index (χ3v) is 1.55. The minimum absolute atomic E-state index is 0.311. The highest BCUT2D eigenvalue weighted by atomic mass is 19.4. The highest BCUT2D eigenvalue weighted by Crippen LogP contribution is 2.24. The molecule has 0 fully saturated rings. The van der Waals surface area contributed by atoms with Gasteiger partial charge in [0, 0.05) is 0 Å². The van der Waals surface area contributed by atoms with Crippen LogP contribution in [0.25, 0.3) is 0 Å². The Morgan fingerprint density at radius 2 is 1.67 bits per heavy atom. The third-order valence-electron chi connectivity index (χ3n) is 1.55. The smallest absolute Gasteiger partial charge is 0.422 e. The molecule has 0 radical (unpaired) electrons. The number of esters is 2. The van der Waals surface area contributed by atoms with Crippen molar-refractivity contribution in [3.8, 4) is 0 Å². The van der Waals surface area contributed by atoms with Gasteiger partial charge < -0.3 is 9.47 Å². The van der Waals surface area contributed by atoms with Gasteiger partial charge in [-0.15, -0.1) is 0 Å². The molecule has 0 bridgehead atoms. The largest absolute Gasteiger partial charge is 0.461 e. The van der Waals surface area contributed by atoms with E-state index in [0.29, 0.717) is 0 Å². The fourth-order valence-electron chi connectivity index (χ4n) is 0.822. The number of ether oxygens (including phenoxy) is 2. The van der Waals surface area contributed by atoms with Gasteiger partial charge in [-0.2, -0.15) is 13.2 Å². The number of hydrogen-bond acceptors (Lipinski definition) is 4. The molecule has 0 saturated heterocycles. The fourth-order valence-corrected chi connectivity index (χ4v) is 0.822. The Bertz CT molecular complexity index is 339. The zero-order valence-electron chi connectivity index (χ0n) is 10.4. The molecule has 4 nitrogen and oxygen atoms in total. The lowest BCUT2D eigenvalue weighted by atomic mass is 10.2. The maximum absolute atomic E-state index is 12.0. The maximum Gasteiger partial charge on any atom is 0.422 e. The van der Waals surface area contributed by atoms with Gasteiger partial charge in [0.25, 0.3) is 0 Å². The van der Waals surface area contributed by atoms with Crippen molar-refractivity contribution in [3.63, 3.8) is 0 Å². The Labute approximate surface area is 103 Å². The van der Waals surface area contributed by atoms with E-state index in [0.717, 1.165) is 0 Å². The SMILES string of the molecule is C=C(C(=O)OCCC(=O)OC(C)(C)C)C(F)(F)F. The Hall–Kier alpha value is -1.53. The van der Waals surface area contributed by atoms with Gasteiger partial charge in [0.15, 0.2) is 0 Å². The molecular formula is C11H15F3O4. The summed E-state index contributed by atoms with van der Waals surface area (Å²) < 4.78 is 45.2. The summed E-state index contributed by atoms with van der Waals surface area (Å²) in [5.74, 6) is -2.25. The molecule has 0 aromatic carbocycles. The quantitative estimate of drug-likeness (QED) is 0.580. The Kier molecular flexibility index (Phi) is 5.38. The average Bonchev–Trinajstić information content (AvgIpc) is 2.11. The monoisotopic (exact) mass is 268 g/mol. The van der Waals surface area contributed by atoms with Crippen LogP contribution in [0.2, 0.25) is 0 Å². The lowest BCUT2D eigenvalue weighted by Gasteiger charge is -2.19. The van der Waals surface area contributed by atoms with Gasteiger partial charge in [0.1, 0.15) is 17.8 Å². The molecule has 0 unspecified atom stereocenters. The molecule has 0 saturated carbocycles. The highest BCUT2D eigenvalue weighted by molar-refractivity contribution is 5.89. The summed E-state index contributed by atoms with van der Waals surface area (Å²) in [7, 11) is 0. The van der Waals surface area contributed by atoms with E-state index in [4.69, 9.17) is 4.74 Å². The van der Waals surface area contributed by atoms with Crippen LogP contribution in [-0.4, -0.2) is 30.3 Å². The molecule has 0 aliphatic rings. The summed E-state index contributed by atoms with van der Waals surface area (Å²) in [5.41, 5.74) is -2.30. The Morgan fingerprint density at radius 1 is 1.17 bits per heavy atom. The van der Waals surface area contributed by atoms with Gasteiger partial charge in [0.2, 0.25) is 0 Å². The van der Waals surface area contributed by atoms with E-state index in [9.17, 15) is 22.8 Å². The summed E-state index contributed by atoms with van der Waals surface area (Å²) in [6.45, 7) is 7.01. The number of carbonyl (C=O) groups is 2. The summed E-state index contributed by atoms with van der Waals surface area (Å²) in [6, 6.07) is 0. The van der Waals surface area contributed by atoms with E-state index < -0.39 is 35.9 Å². The molecule has 0 rings (SSSR count). The summed E-state index contributed by atoms with van der Waals surface area (Å²) in [4.78, 5) is 22.0. The maximum atomic E-state index is 12.0. The molecule has 7 heteroatoms. The van der Waals surface area contributed by atoms with Gasteiger partial charge in [-0.05, 0) is 20.8 Å². The van der Waals surface area contributed by atoms with Crippen molar-refractivity contribution in [3.05, 3.63) is 12.2 Å². The van der Waals surface area contributed by atoms with Gasteiger partial charge >= 0.3 is 18.1 Å². The topological polar surface area (TPSA) is 52.6 Å². The van der Waals surface area contributed by atoms with Crippen molar-refractivity contribution in [1.82, 2.24) is 0 Å². The van der Waals surface area contributed by atoms with Crippen molar-refractivity contribution >= 4 is 11.9 Å². The van der Waals surface area contributed by atoms with Crippen molar-refractivity contribution in [2.75, 3.05) is 6.61 Å². The minimum Gasteiger partial charge on any atom is -0.461 e. The second kappa shape index (κ2) is 5.88. The molecule has 0 amide bonds. The van der Waals surface area contributed by atoms with Gasteiger partial charge in [-0.25, -0.2) is 4.79 Å². The third kappa shape index (κ3) is 6.93. The Morgan fingerprint density at radius 3 is 2.06 bits per heavy atom. The first-order valence-corrected chi connectivity index (χ1v) is 5.08. The second-order valence-electron chi connectivity index (χ2n) is 4.45. The zero-order valence-corrected chi connectivity index (χ0v) is 10.4. The summed E-state index contributed by atoms with van der Waals surface area (Å²) in [5, 5.41) is 0. The van der Waals surface area contributed by atoms with Gasteiger partial charge in [0.05, 0.1) is 6.42 Å². The number of rotatable bonds is 4. The number of hydrogen-bond donors (Lipinski definition) is 0.